The fourth-order valence-electron chi connectivity index (χ4n) is 1.11. The van der Waals surface area contributed by atoms with Crippen LogP contribution < -0.4 is 4.74 Å². The monoisotopic (exact) mass is 196 g/mol. The third-order valence-electron chi connectivity index (χ3n) is 1.94. The fourth-order valence-corrected chi connectivity index (χ4v) is 1.11. The molecule has 0 bridgehead atoms. The van der Waals surface area contributed by atoms with Crippen molar-refractivity contribution < 1.29 is 14.6 Å². The van der Waals surface area contributed by atoms with Gasteiger partial charge in [-0.15, -0.1) is 0 Å². The summed E-state index contributed by atoms with van der Waals surface area (Å²) in [5.74, 6) is 0.976. The zero-order valence-electron chi connectivity index (χ0n) is 8.62. The van der Waals surface area contributed by atoms with Gasteiger partial charge in [0, 0.05) is 12.2 Å². The van der Waals surface area contributed by atoms with Crippen LogP contribution in [0.15, 0.2) is 18.2 Å². The van der Waals surface area contributed by atoms with Gasteiger partial charge in [0.15, 0.2) is 0 Å². The molecule has 0 saturated carbocycles. The van der Waals surface area contributed by atoms with Crippen molar-refractivity contribution in [1.29, 1.82) is 0 Å². The van der Waals surface area contributed by atoms with Gasteiger partial charge in [0.2, 0.25) is 0 Å². The van der Waals surface area contributed by atoms with Crippen molar-refractivity contribution in [2.24, 2.45) is 0 Å². The molecule has 1 aromatic carbocycles. The summed E-state index contributed by atoms with van der Waals surface area (Å²) < 4.78 is 10.6. The first-order valence-electron chi connectivity index (χ1n) is 4.74. The molecule has 3 heteroatoms. The largest absolute Gasteiger partial charge is 0.508 e. The van der Waals surface area contributed by atoms with Crippen LogP contribution >= 0.6 is 0 Å². The number of phenolic OH excluding ortho intramolecular Hbond substituents is 1. The molecule has 0 amide bonds. The van der Waals surface area contributed by atoms with E-state index in [1.54, 1.807) is 12.1 Å². The second kappa shape index (κ2) is 5.50. The Morgan fingerprint density at radius 3 is 2.79 bits per heavy atom. The molecule has 0 saturated heterocycles. The van der Waals surface area contributed by atoms with Gasteiger partial charge in [0.25, 0.3) is 0 Å². The van der Waals surface area contributed by atoms with Gasteiger partial charge in [-0.05, 0) is 26.0 Å². The Hall–Kier alpha value is -1.22. The van der Waals surface area contributed by atoms with E-state index in [0.29, 0.717) is 25.6 Å². The number of benzene rings is 1. The molecule has 0 aromatic heterocycles. The Balaban J connectivity index is 2.46. The van der Waals surface area contributed by atoms with Crippen LogP contribution in [0.5, 0.6) is 11.5 Å². The predicted molar refractivity (Wildman–Crippen MR) is 54.8 cm³/mol. The van der Waals surface area contributed by atoms with Crippen LogP contribution in [0.25, 0.3) is 0 Å². The Morgan fingerprint density at radius 2 is 2.07 bits per heavy atom. The minimum Gasteiger partial charge on any atom is -0.508 e. The molecule has 0 fully saturated rings. The van der Waals surface area contributed by atoms with Crippen LogP contribution in [-0.4, -0.2) is 24.9 Å². The average Bonchev–Trinajstić information content (AvgIpc) is 2.19. The van der Waals surface area contributed by atoms with E-state index >= 15 is 0 Å². The van der Waals surface area contributed by atoms with E-state index in [-0.39, 0.29) is 5.75 Å². The van der Waals surface area contributed by atoms with Crippen molar-refractivity contribution in [3.63, 3.8) is 0 Å². The van der Waals surface area contributed by atoms with Crippen LogP contribution in [0, 0.1) is 6.92 Å². The topological polar surface area (TPSA) is 38.7 Å². The first kappa shape index (κ1) is 10.9. The average molecular weight is 196 g/mol. The highest BCUT2D eigenvalue weighted by Gasteiger charge is 2.02. The summed E-state index contributed by atoms with van der Waals surface area (Å²) in [4.78, 5) is 0. The highest BCUT2D eigenvalue weighted by Crippen LogP contribution is 2.25. The maximum atomic E-state index is 9.39. The molecule has 0 spiro atoms. The van der Waals surface area contributed by atoms with Crippen molar-refractivity contribution in [2.45, 2.75) is 13.8 Å². The first-order chi connectivity index (χ1) is 6.75. The molecular formula is C11H16O3. The van der Waals surface area contributed by atoms with E-state index < -0.39 is 0 Å². The van der Waals surface area contributed by atoms with Gasteiger partial charge in [-0.1, -0.05) is 6.07 Å². The predicted octanol–water partition coefficient (Wildman–Crippen LogP) is 2.12. The fraction of sp³-hybridized carbons (Fsp3) is 0.455. The number of aromatic hydroxyl groups is 1. The molecule has 0 aliphatic rings. The van der Waals surface area contributed by atoms with Crippen molar-refractivity contribution in [3.05, 3.63) is 23.8 Å². The number of hydrogen-bond donors (Lipinski definition) is 1. The lowest BCUT2D eigenvalue weighted by Crippen LogP contribution is -2.06. The number of phenols is 1. The first-order valence-corrected chi connectivity index (χ1v) is 4.74. The lowest BCUT2D eigenvalue weighted by molar-refractivity contribution is 0.110. The molecule has 1 aromatic rings. The van der Waals surface area contributed by atoms with Crippen molar-refractivity contribution >= 4 is 0 Å². The van der Waals surface area contributed by atoms with Gasteiger partial charge in [-0.3, -0.25) is 0 Å². The van der Waals surface area contributed by atoms with Gasteiger partial charge in [-0.25, -0.2) is 0 Å². The molecule has 3 nitrogen and oxygen atoms in total. The van der Waals surface area contributed by atoms with E-state index in [4.69, 9.17) is 9.47 Å². The summed E-state index contributed by atoms with van der Waals surface area (Å²) in [7, 11) is 0. The van der Waals surface area contributed by atoms with Gasteiger partial charge in [0.05, 0.1) is 6.61 Å². The van der Waals surface area contributed by atoms with Crippen molar-refractivity contribution in [3.8, 4) is 11.5 Å². The Morgan fingerprint density at radius 1 is 1.29 bits per heavy atom. The molecule has 0 aliphatic heterocycles. The quantitative estimate of drug-likeness (QED) is 0.733. The summed E-state index contributed by atoms with van der Waals surface area (Å²) in [5.41, 5.74) is 0.768. The summed E-state index contributed by atoms with van der Waals surface area (Å²) >= 11 is 0. The zero-order chi connectivity index (χ0) is 10.4. The maximum absolute atomic E-state index is 9.39. The van der Waals surface area contributed by atoms with Gasteiger partial charge >= 0.3 is 0 Å². The van der Waals surface area contributed by atoms with Crippen LogP contribution in [0.3, 0.4) is 0 Å². The maximum Gasteiger partial charge on any atom is 0.126 e. The molecule has 0 heterocycles. The lowest BCUT2D eigenvalue weighted by atomic mass is 10.2. The van der Waals surface area contributed by atoms with Gasteiger partial charge in [-0.2, -0.15) is 0 Å². The molecule has 0 atom stereocenters. The smallest absolute Gasteiger partial charge is 0.126 e. The molecule has 14 heavy (non-hydrogen) atoms. The van der Waals surface area contributed by atoms with Crippen LogP contribution in [0.1, 0.15) is 12.5 Å². The summed E-state index contributed by atoms with van der Waals surface area (Å²) in [5, 5.41) is 9.39. The second-order valence-electron chi connectivity index (χ2n) is 2.95. The molecule has 0 aliphatic carbocycles. The molecule has 0 unspecified atom stereocenters. The van der Waals surface area contributed by atoms with E-state index in [1.165, 1.54) is 0 Å². The highest BCUT2D eigenvalue weighted by atomic mass is 16.5. The van der Waals surface area contributed by atoms with E-state index in [1.807, 2.05) is 19.9 Å². The standard InChI is InChI=1S/C11H16O3/c1-3-13-7-8-14-11-6-4-5-10(12)9(11)2/h4-6,12H,3,7-8H2,1-2H3. The Labute approximate surface area is 84.3 Å². The Bertz CT molecular complexity index is 284. The summed E-state index contributed by atoms with van der Waals surface area (Å²) in [6, 6.07) is 5.24. The zero-order valence-corrected chi connectivity index (χ0v) is 8.62. The molecule has 1 rings (SSSR count). The van der Waals surface area contributed by atoms with E-state index in [9.17, 15) is 5.11 Å². The minimum atomic E-state index is 0.263. The second-order valence-corrected chi connectivity index (χ2v) is 2.95. The molecule has 0 radical (unpaired) electrons. The minimum absolute atomic E-state index is 0.263. The summed E-state index contributed by atoms with van der Waals surface area (Å²) in [6.07, 6.45) is 0. The molecule has 1 N–H and O–H groups in total. The van der Waals surface area contributed by atoms with Crippen LogP contribution in [0.4, 0.5) is 0 Å². The number of ether oxygens (including phenoxy) is 2. The lowest BCUT2D eigenvalue weighted by Gasteiger charge is -2.09. The normalized spacial score (nSPS) is 10.1. The molecule has 78 valence electrons. The highest BCUT2D eigenvalue weighted by molar-refractivity contribution is 5.42. The van der Waals surface area contributed by atoms with Crippen molar-refractivity contribution in [1.82, 2.24) is 0 Å². The Kier molecular flexibility index (Phi) is 4.26. The third kappa shape index (κ3) is 2.92. The van der Waals surface area contributed by atoms with E-state index in [2.05, 4.69) is 0 Å². The molecular weight excluding hydrogens is 180 g/mol. The number of rotatable bonds is 5. The van der Waals surface area contributed by atoms with Crippen LogP contribution in [-0.2, 0) is 4.74 Å². The van der Waals surface area contributed by atoms with Gasteiger partial charge in [0.1, 0.15) is 18.1 Å². The number of hydrogen-bond acceptors (Lipinski definition) is 3. The van der Waals surface area contributed by atoms with Crippen LogP contribution in [0.2, 0.25) is 0 Å². The summed E-state index contributed by atoms with van der Waals surface area (Å²) in [6.45, 7) is 5.55. The van der Waals surface area contributed by atoms with Gasteiger partial charge < -0.3 is 14.6 Å². The van der Waals surface area contributed by atoms with E-state index in [0.717, 1.165) is 5.56 Å². The van der Waals surface area contributed by atoms with Crippen molar-refractivity contribution in [2.75, 3.05) is 19.8 Å². The SMILES string of the molecule is CCOCCOc1cccc(O)c1C. The third-order valence-corrected chi connectivity index (χ3v) is 1.94.